The molecular formula is C24H34N2. The fourth-order valence-corrected chi connectivity index (χ4v) is 5.11. The second-order valence-electron chi connectivity index (χ2n) is 8.54. The molecule has 1 aliphatic heterocycles. The lowest BCUT2D eigenvalue weighted by Crippen LogP contribution is -2.44. The van der Waals surface area contributed by atoms with E-state index in [0.717, 1.165) is 13.1 Å². The molecule has 0 aromatic heterocycles. The summed E-state index contributed by atoms with van der Waals surface area (Å²) in [6.07, 6.45) is 0.398. The van der Waals surface area contributed by atoms with Gasteiger partial charge in [0.05, 0.1) is 0 Å². The normalized spacial score (nSPS) is 15.4. The Bertz CT molecular complexity index is 707. The maximum Gasteiger partial charge on any atom is 0.104 e. The molecule has 2 aromatic rings. The molecule has 140 valence electrons. The van der Waals surface area contributed by atoms with Gasteiger partial charge in [-0.2, -0.15) is 0 Å². The molecule has 0 spiro atoms. The third kappa shape index (κ3) is 3.22. The third-order valence-electron chi connectivity index (χ3n) is 5.66. The molecule has 0 unspecified atom stereocenters. The van der Waals surface area contributed by atoms with Gasteiger partial charge in [-0.3, -0.25) is 0 Å². The van der Waals surface area contributed by atoms with Crippen molar-refractivity contribution >= 4 is 11.4 Å². The number of rotatable bonds is 3. The van der Waals surface area contributed by atoms with E-state index >= 15 is 0 Å². The fraction of sp³-hybridized carbons (Fsp3) is 0.500. The first-order valence-corrected chi connectivity index (χ1v) is 9.89. The van der Waals surface area contributed by atoms with Crippen LogP contribution in [-0.2, 0) is 0 Å². The summed E-state index contributed by atoms with van der Waals surface area (Å²) in [5.41, 5.74) is 11.1. The summed E-state index contributed by atoms with van der Waals surface area (Å²) >= 11 is 0. The van der Waals surface area contributed by atoms with E-state index in [1.54, 1.807) is 0 Å². The second kappa shape index (κ2) is 6.98. The molecule has 3 rings (SSSR count). The highest BCUT2D eigenvalue weighted by Gasteiger charge is 2.36. The number of hydrogen-bond donors (Lipinski definition) is 0. The van der Waals surface area contributed by atoms with Crippen LogP contribution in [0, 0.1) is 47.5 Å². The highest BCUT2D eigenvalue weighted by atomic mass is 15.4. The Kier molecular flexibility index (Phi) is 5.05. The summed E-state index contributed by atoms with van der Waals surface area (Å²) in [5, 5.41) is 0. The standard InChI is InChI=1S/C24H34N2/c1-15(2)24-25(22-18(5)11-16(3)12-19(22)6)9-10-26(24)23-20(7)13-17(4)14-21(23)8/h11-15,24H,9-10H2,1-8H3. The zero-order valence-corrected chi connectivity index (χ0v) is 17.8. The lowest BCUT2D eigenvalue weighted by molar-refractivity contribution is 0.492. The summed E-state index contributed by atoms with van der Waals surface area (Å²) in [6.45, 7) is 20.3. The van der Waals surface area contributed by atoms with E-state index in [9.17, 15) is 0 Å². The van der Waals surface area contributed by atoms with Crippen LogP contribution in [0.25, 0.3) is 0 Å². The lowest BCUT2D eigenvalue weighted by Gasteiger charge is -2.38. The van der Waals surface area contributed by atoms with Crippen molar-refractivity contribution in [2.45, 2.75) is 61.6 Å². The van der Waals surface area contributed by atoms with E-state index in [1.807, 2.05) is 0 Å². The second-order valence-corrected chi connectivity index (χ2v) is 8.54. The number of nitrogens with zero attached hydrogens (tertiary/aromatic N) is 2. The van der Waals surface area contributed by atoms with Crippen molar-refractivity contribution in [2.24, 2.45) is 5.92 Å². The molecule has 0 amide bonds. The molecular weight excluding hydrogens is 316 g/mol. The number of aryl methyl sites for hydroxylation is 6. The van der Waals surface area contributed by atoms with Gasteiger partial charge in [0.1, 0.15) is 6.17 Å². The largest absolute Gasteiger partial charge is 0.349 e. The van der Waals surface area contributed by atoms with Crippen molar-refractivity contribution in [3.05, 3.63) is 57.6 Å². The third-order valence-corrected chi connectivity index (χ3v) is 5.66. The molecule has 0 N–H and O–H groups in total. The van der Waals surface area contributed by atoms with Crippen molar-refractivity contribution in [3.63, 3.8) is 0 Å². The van der Waals surface area contributed by atoms with Gasteiger partial charge in [-0.1, -0.05) is 49.2 Å². The van der Waals surface area contributed by atoms with E-state index in [0.29, 0.717) is 12.1 Å². The number of anilines is 2. The highest BCUT2D eigenvalue weighted by molar-refractivity contribution is 5.67. The SMILES string of the molecule is Cc1cc(C)c(N2CCN(c3c(C)cc(C)cc3C)C2C(C)C)c(C)c1. The van der Waals surface area contributed by atoms with Crippen LogP contribution in [0.2, 0.25) is 0 Å². The van der Waals surface area contributed by atoms with Gasteiger partial charge in [0.25, 0.3) is 0 Å². The number of hydrogen-bond acceptors (Lipinski definition) is 2. The van der Waals surface area contributed by atoms with Gasteiger partial charge in [-0.05, 0) is 69.7 Å². The quantitative estimate of drug-likeness (QED) is 0.685. The fourth-order valence-electron chi connectivity index (χ4n) is 5.11. The molecule has 1 aliphatic rings. The van der Waals surface area contributed by atoms with Gasteiger partial charge in [0, 0.05) is 24.5 Å². The van der Waals surface area contributed by atoms with Gasteiger partial charge >= 0.3 is 0 Å². The molecule has 0 aliphatic carbocycles. The minimum Gasteiger partial charge on any atom is -0.349 e. The summed E-state index contributed by atoms with van der Waals surface area (Å²) in [7, 11) is 0. The van der Waals surface area contributed by atoms with Crippen LogP contribution in [-0.4, -0.2) is 19.3 Å². The van der Waals surface area contributed by atoms with Crippen LogP contribution in [0.5, 0.6) is 0 Å². The first kappa shape index (κ1) is 18.8. The first-order chi connectivity index (χ1) is 12.2. The minimum atomic E-state index is 0.398. The molecule has 0 radical (unpaired) electrons. The van der Waals surface area contributed by atoms with E-state index in [2.05, 4.69) is 89.5 Å². The molecule has 2 nitrogen and oxygen atoms in total. The lowest BCUT2D eigenvalue weighted by atomic mass is 10.0. The van der Waals surface area contributed by atoms with E-state index in [4.69, 9.17) is 0 Å². The Morgan fingerprint density at radius 3 is 1.23 bits per heavy atom. The Hall–Kier alpha value is -1.96. The first-order valence-electron chi connectivity index (χ1n) is 9.89. The van der Waals surface area contributed by atoms with Gasteiger partial charge < -0.3 is 9.80 Å². The van der Waals surface area contributed by atoms with Gasteiger partial charge in [-0.25, -0.2) is 0 Å². The van der Waals surface area contributed by atoms with Crippen molar-refractivity contribution in [1.82, 2.24) is 0 Å². The average Bonchev–Trinajstić information content (AvgIpc) is 2.89. The summed E-state index contributed by atoms with van der Waals surface area (Å²) in [4.78, 5) is 5.29. The summed E-state index contributed by atoms with van der Waals surface area (Å²) < 4.78 is 0. The van der Waals surface area contributed by atoms with Crippen molar-refractivity contribution in [2.75, 3.05) is 22.9 Å². The molecule has 26 heavy (non-hydrogen) atoms. The van der Waals surface area contributed by atoms with Crippen LogP contribution in [0.15, 0.2) is 24.3 Å². The molecule has 2 heteroatoms. The Balaban J connectivity index is 2.08. The van der Waals surface area contributed by atoms with Gasteiger partial charge in [0.2, 0.25) is 0 Å². The zero-order chi connectivity index (χ0) is 19.2. The van der Waals surface area contributed by atoms with Crippen LogP contribution >= 0.6 is 0 Å². The Labute approximate surface area is 159 Å². The Morgan fingerprint density at radius 2 is 0.962 bits per heavy atom. The predicted molar refractivity (Wildman–Crippen MR) is 115 cm³/mol. The topological polar surface area (TPSA) is 6.48 Å². The molecule has 1 heterocycles. The van der Waals surface area contributed by atoms with E-state index < -0.39 is 0 Å². The number of benzene rings is 2. The zero-order valence-electron chi connectivity index (χ0n) is 17.8. The van der Waals surface area contributed by atoms with Gasteiger partial charge in [-0.15, -0.1) is 0 Å². The highest BCUT2D eigenvalue weighted by Crippen LogP contribution is 2.38. The average molecular weight is 351 g/mol. The molecule has 0 atom stereocenters. The van der Waals surface area contributed by atoms with Crippen LogP contribution in [0.1, 0.15) is 47.2 Å². The van der Waals surface area contributed by atoms with Crippen LogP contribution < -0.4 is 9.80 Å². The summed E-state index contributed by atoms with van der Waals surface area (Å²) in [6, 6.07) is 9.30. The summed E-state index contributed by atoms with van der Waals surface area (Å²) in [5.74, 6) is 0.553. The Morgan fingerprint density at radius 1 is 0.654 bits per heavy atom. The molecule has 2 aromatic carbocycles. The minimum absolute atomic E-state index is 0.398. The monoisotopic (exact) mass is 350 g/mol. The van der Waals surface area contributed by atoms with Crippen molar-refractivity contribution in [3.8, 4) is 0 Å². The van der Waals surface area contributed by atoms with Crippen molar-refractivity contribution in [1.29, 1.82) is 0 Å². The smallest absolute Gasteiger partial charge is 0.104 e. The molecule has 0 saturated carbocycles. The van der Waals surface area contributed by atoms with E-state index in [-0.39, 0.29) is 0 Å². The van der Waals surface area contributed by atoms with Crippen molar-refractivity contribution < 1.29 is 0 Å². The van der Waals surface area contributed by atoms with E-state index in [1.165, 1.54) is 44.8 Å². The van der Waals surface area contributed by atoms with Crippen LogP contribution in [0.4, 0.5) is 11.4 Å². The van der Waals surface area contributed by atoms with Crippen LogP contribution in [0.3, 0.4) is 0 Å². The predicted octanol–water partition coefficient (Wildman–Crippen LogP) is 5.85. The maximum atomic E-state index is 2.65. The maximum absolute atomic E-state index is 2.65. The molecule has 0 bridgehead atoms. The molecule has 1 fully saturated rings. The van der Waals surface area contributed by atoms with Gasteiger partial charge in [0.15, 0.2) is 0 Å². The molecule has 1 saturated heterocycles.